The molecule has 3 saturated heterocycles. The van der Waals surface area contributed by atoms with Gasteiger partial charge in [0.2, 0.25) is 0 Å². The van der Waals surface area contributed by atoms with Crippen molar-refractivity contribution < 1.29 is 19.0 Å². The average molecular weight is 1460 g/mol. The maximum atomic E-state index is 11.7. The zero-order chi connectivity index (χ0) is 74.6. The minimum atomic E-state index is 0.244. The third kappa shape index (κ3) is 17.8. The molecule has 0 amide bonds. The van der Waals surface area contributed by atoms with E-state index in [2.05, 4.69) is 137 Å². The van der Waals surface area contributed by atoms with Crippen LogP contribution in [0.3, 0.4) is 0 Å². The van der Waals surface area contributed by atoms with Crippen LogP contribution in [0.1, 0.15) is 95.2 Å². The summed E-state index contributed by atoms with van der Waals surface area (Å²) >= 11 is 0. The molecule has 564 valence electrons. The molecule has 3 aliphatic heterocycles. The Balaban J connectivity index is 0.000000125. The molecule has 22 heteroatoms. The van der Waals surface area contributed by atoms with Crippen LogP contribution in [0.2, 0.25) is 0 Å². The van der Waals surface area contributed by atoms with Crippen LogP contribution in [0, 0.1) is 0 Å². The number of hydrogen-bond donors (Lipinski definition) is 4. The first-order valence-corrected chi connectivity index (χ1v) is 39.0. The van der Waals surface area contributed by atoms with Crippen molar-refractivity contribution in [3.05, 3.63) is 201 Å². The topological polar surface area (TPSA) is 243 Å². The van der Waals surface area contributed by atoms with E-state index in [1.807, 2.05) is 140 Å². The number of carbonyl (C=O) groups is 1. The average Bonchev–Trinajstić information content (AvgIpc) is 1.63. The molecular weight excluding hydrogens is 1360 g/mol. The number of nitrogens with zero attached hydrogens (tertiary/aromatic N) is 14. The number of ether oxygens (including phenoxy) is 3. The summed E-state index contributed by atoms with van der Waals surface area (Å²) in [6, 6.07) is 56.2. The van der Waals surface area contributed by atoms with Crippen LogP contribution in [-0.2, 0) is 4.79 Å². The molecule has 0 radical (unpaired) electrons. The molecule has 6 aromatic carbocycles. The molecule has 6 aromatic heterocycles. The highest BCUT2D eigenvalue weighted by Gasteiger charge is 2.33. The second kappa shape index (κ2) is 34.8. The fourth-order valence-corrected chi connectivity index (χ4v) is 16.6. The number of nitrogens with two attached hydrogens (primary N) is 3. The Morgan fingerprint density at radius 3 is 0.899 bits per heavy atom. The minimum absolute atomic E-state index is 0.244. The van der Waals surface area contributed by atoms with Crippen molar-refractivity contribution in [2.45, 2.75) is 107 Å². The number of anilines is 3. The first-order valence-electron chi connectivity index (χ1n) is 39.0. The molecule has 3 saturated carbocycles. The SMILES string of the molecule is CN1CCN(C2CCC(n3cc(-c4ccc(Oc5ccccc5)cc4)c4c(N)ncnc43)CC2)CC1.CN1CCN(C2CCC(n3cc(-c4ccc(Oc5ccccc5)cc4)c4c(N)ncnc43)CC2)CC1.CN1CCNCC1.Nc1ncnc2c1c(-c1ccc(Oc3ccccc3)cc1)cn2C1CCC(=O)CC1. The van der Waals surface area contributed by atoms with Gasteiger partial charge >= 0.3 is 0 Å². The van der Waals surface area contributed by atoms with Crippen molar-refractivity contribution >= 4 is 56.3 Å². The number of para-hydroxylation sites is 3. The van der Waals surface area contributed by atoms with Gasteiger partial charge in [-0.15, -0.1) is 0 Å². The normalized spacial score (nSPS) is 20.0. The van der Waals surface area contributed by atoms with Gasteiger partial charge in [0.25, 0.3) is 0 Å². The number of hydrogen-bond acceptors (Lipinski definition) is 19. The fraction of sp³-hybridized carbons (Fsp3) is 0.368. The lowest BCUT2D eigenvalue weighted by Crippen LogP contribution is -2.49. The molecule has 9 heterocycles. The van der Waals surface area contributed by atoms with Crippen molar-refractivity contribution in [1.82, 2.24) is 73.4 Å². The van der Waals surface area contributed by atoms with Crippen LogP contribution in [0.15, 0.2) is 201 Å². The maximum Gasteiger partial charge on any atom is 0.146 e. The highest BCUT2D eigenvalue weighted by molar-refractivity contribution is 6.03. The van der Waals surface area contributed by atoms with Gasteiger partial charge in [0, 0.05) is 157 Å². The molecule has 0 unspecified atom stereocenters. The first kappa shape index (κ1) is 73.9. The Labute approximate surface area is 638 Å². The molecular formula is C87H102N18O4. The van der Waals surface area contributed by atoms with Gasteiger partial charge in [-0.25, -0.2) is 29.9 Å². The van der Waals surface area contributed by atoms with E-state index < -0.39 is 0 Å². The molecule has 22 nitrogen and oxygen atoms in total. The predicted molar refractivity (Wildman–Crippen MR) is 435 cm³/mol. The van der Waals surface area contributed by atoms with E-state index in [-0.39, 0.29) is 6.04 Å². The minimum Gasteiger partial charge on any atom is -0.457 e. The van der Waals surface area contributed by atoms with E-state index >= 15 is 0 Å². The van der Waals surface area contributed by atoms with Gasteiger partial charge in [0.1, 0.15) is 93.7 Å². The summed E-state index contributed by atoms with van der Waals surface area (Å²) in [4.78, 5) is 51.0. The van der Waals surface area contributed by atoms with E-state index in [0.29, 0.717) is 60.2 Å². The molecule has 18 rings (SSSR count). The number of benzene rings is 6. The lowest BCUT2D eigenvalue weighted by atomic mass is 9.89. The van der Waals surface area contributed by atoms with Gasteiger partial charge in [-0.05, 0) is 175 Å². The number of Topliss-reactive ketones (excluding diaryl/α,β-unsaturated/α-hetero) is 1. The number of ketones is 1. The lowest BCUT2D eigenvalue weighted by molar-refractivity contribution is -0.120. The predicted octanol–water partition coefficient (Wildman–Crippen LogP) is 15.1. The molecule has 7 N–H and O–H groups in total. The fourth-order valence-electron chi connectivity index (χ4n) is 16.6. The summed E-state index contributed by atoms with van der Waals surface area (Å²) in [7, 11) is 6.60. The summed E-state index contributed by atoms with van der Waals surface area (Å²) in [6.07, 6.45) is 23.7. The first-order chi connectivity index (χ1) is 53.4. The van der Waals surface area contributed by atoms with Crippen LogP contribution in [0.25, 0.3) is 66.5 Å². The lowest BCUT2D eigenvalue weighted by Gasteiger charge is -2.41. The largest absolute Gasteiger partial charge is 0.457 e. The molecule has 6 fully saturated rings. The quantitative estimate of drug-likeness (QED) is 0.0791. The van der Waals surface area contributed by atoms with Gasteiger partial charge in [-0.2, -0.15) is 0 Å². The summed E-state index contributed by atoms with van der Waals surface area (Å²) in [6.45, 7) is 14.2. The summed E-state index contributed by atoms with van der Waals surface area (Å²) in [5, 5.41) is 6.01. The van der Waals surface area contributed by atoms with Crippen molar-refractivity contribution in [1.29, 1.82) is 0 Å². The van der Waals surface area contributed by atoms with Crippen molar-refractivity contribution in [2.75, 3.05) is 117 Å². The van der Waals surface area contributed by atoms with E-state index in [4.69, 9.17) is 31.4 Å². The van der Waals surface area contributed by atoms with Crippen LogP contribution >= 0.6 is 0 Å². The van der Waals surface area contributed by atoms with Gasteiger partial charge in [-0.1, -0.05) is 91.0 Å². The Morgan fingerprint density at radius 2 is 0.606 bits per heavy atom. The van der Waals surface area contributed by atoms with Crippen molar-refractivity contribution in [3.63, 3.8) is 0 Å². The van der Waals surface area contributed by atoms with Crippen LogP contribution in [-0.4, -0.2) is 186 Å². The number of nitrogens with one attached hydrogen (secondary N) is 1. The van der Waals surface area contributed by atoms with Gasteiger partial charge in [-0.3, -0.25) is 14.6 Å². The van der Waals surface area contributed by atoms with Crippen LogP contribution in [0.4, 0.5) is 17.5 Å². The zero-order valence-electron chi connectivity index (χ0n) is 63.0. The maximum absolute atomic E-state index is 11.7. The number of likely N-dealkylation sites (N-methyl/N-ethyl adjacent to an activating group) is 3. The highest BCUT2D eigenvalue weighted by Crippen LogP contribution is 2.44. The molecule has 0 bridgehead atoms. The number of carbonyl (C=O) groups excluding carboxylic acids is 1. The van der Waals surface area contributed by atoms with Gasteiger partial charge in [0.15, 0.2) is 0 Å². The van der Waals surface area contributed by atoms with E-state index in [1.165, 1.54) is 97.5 Å². The van der Waals surface area contributed by atoms with Crippen molar-refractivity contribution in [2.24, 2.45) is 0 Å². The molecule has 109 heavy (non-hydrogen) atoms. The number of rotatable bonds is 14. The third-order valence-corrected chi connectivity index (χ3v) is 22.8. The van der Waals surface area contributed by atoms with E-state index in [1.54, 1.807) is 12.7 Å². The molecule has 0 spiro atoms. The highest BCUT2D eigenvalue weighted by atomic mass is 16.5. The summed E-state index contributed by atoms with van der Waals surface area (Å²) in [5.74, 6) is 6.69. The number of aromatic nitrogens is 9. The summed E-state index contributed by atoms with van der Waals surface area (Å²) < 4.78 is 24.8. The smallest absolute Gasteiger partial charge is 0.146 e. The molecule has 12 aromatic rings. The van der Waals surface area contributed by atoms with Crippen LogP contribution in [0.5, 0.6) is 34.5 Å². The monoisotopic (exact) mass is 1460 g/mol. The van der Waals surface area contributed by atoms with Crippen LogP contribution < -0.4 is 36.7 Å². The molecule has 0 atom stereocenters. The van der Waals surface area contributed by atoms with E-state index in [9.17, 15) is 4.79 Å². The molecule has 3 aliphatic carbocycles. The number of fused-ring (bicyclic) bond motifs is 3. The number of piperazine rings is 3. The van der Waals surface area contributed by atoms with Gasteiger partial charge in [0.05, 0.1) is 16.2 Å². The Kier molecular flexibility index (Phi) is 23.6. The second-order valence-electron chi connectivity index (χ2n) is 30.0. The number of nitrogen functional groups attached to an aromatic ring is 3. The Hall–Kier alpha value is -10.6. The second-order valence-corrected chi connectivity index (χ2v) is 30.0. The third-order valence-electron chi connectivity index (χ3n) is 22.8. The standard InChI is InChI=1S/2C29H34N6O.C24H22N4O2.C5H12N2/c2*1-33-15-17-34(18-16-33)22-9-11-23(12-10-22)35-19-26(27-28(30)31-20-32-29(27)35)21-7-13-25(14-8-21)36-24-5-3-2-4-6-24;25-23-22-21(16-6-12-20(13-7-16)30-19-4-2-1-3-5-19)14-28(24(22)27-15-26-23)17-8-10-18(29)11-9-17;1-7-4-2-6-3-5-7/h2*2-8,13-14,19-20,22-23H,9-12,15-18H2,1H3,(H2,30,31,32);1-7,12-15,17H,8-11H2,(H2,25,26,27);6H,2-5H2,1H3. The summed E-state index contributed by atoms with van der Waals surface area (Å²) in [5.41, 5.74) is 28.1. The molecule has 6 aliphatic rings. The zero-order valence-corrected chi connectivity index (χ0v) is 63.0. The Bertz CT molecular complexity index is 4710. The van der Waals surface area contributed by atoms with Crippen molar-refractivity contribution in [3.8, 4) is 67.9 Å². The Morgan fingerprint density at radius 1 is 0.330 bits per heavy atom. The van der Waals surface area contributed by atoms with E-state index in [0.717, 1.165) is 153 Å². The van der Waals surface area contributed by atoms with Gasteiger partial charge < -0.3 is 65.1 Å².